The molecule has 0 spiro atoms. The third-order valence-corrected chi connectivity index (χ3v) is 5.32. The average Bonchev–Trinajstić information content (AvgIpc) is 3.07. The highest BCUT2D eigenvalue weighted by molar-refractivity contribution is 7.09. The molecule has 0 radical (unpaired) electrons. The van der Waals surface area contributed by atoms with Gasteiger partial charge in [0.05, 0.1) is 15.7 Å². The number of piperazine rings is 1. The predicted molar refractivity (Wildman–Crippen MR) is 106 cm³/mol. The molecule has 0 saturated carbocycles. The third-order valence-electron chi connectivity index (χ3n) is 4.22. The highest BCUT2D eigenvalue weighted by Gasteiger charge is 2.19. The monoisotopic (exact) mass is 391 g/mol. The van der Waals surface area contributed by atoms with E-state index in [1.165, 1.54) is 0 Å². The molecule has 1 aliphatic heterocycles. The largest absolute Gasteiger partial charge is 0.491 e. The van der Waals surface area contributed by atoms with Crippen LogP contribution in [0.15, 0.2) is 35.7 Å². The number of hydrogen-bond acceptors (Lipinski definition) is 5. The van der Waals surface area contributed by atoms with Gasteiger partial charge in [-0.2, -0.15) is 0 Å². The predicted octanol–water partition coefficient (Wildman–Crippen LogP) is 3.34. The topological polar surface area (TPSA) is 45.7 Å². The molecule has 1 amide bonds. The second-order valence-corrected chi connectivity index (χ2v) is 7.54. The van der Waals surface area contributed by atoms with Crippen molar-refractivity contribution in [2.75, 3.05) is 39.3 Å². The van der Waals surface area contributed by atoms with Crippen molar-refractivity contribution in [1.82, 2.24) is 14.8 Å². The lowest BCUT2D eigenvalue weighted by atomic mass is 10.3. The van der Waals surface area contributed by atoms with E-state index in [1.54, 1.807) is 23.5 Å². The van der Waals surface area contributed by atoms with Crippen LogP contribution >= 0.6 is 22.9 Å². The van der Waals surface area contributed by atoms with E-state index < -0.39 is 0 Å². The number of thiazole rings is 1. The Morgan fingerprint density at radius 3 is 2.77 bits per heavy atom. The Kier molecular flexibility index (Phi) is 6.66. The number of carbonyl (C=O) groups excluding carboxylic acids is 1. The molecule has 2 heterocycles. The molecule has 0 aliphatic carbocycles. The van der Waals surface area contributed by atoms with Crippen LogP contribution in [0.5, 0.6) is 5.75 Å². The molecule has 0 bridgehead atoms. The molecule has 1 saturated heterocycles. The molecule has 138 valence electrons. The molecule has 3 rings (SSSR count). The molecule has 1 aliphatic rings. The number of carbonyl (C=O) groups is 1. The van der Waals surface area contributed by atoms with Gasteiger partial charge in [0.2, 0.25) is 5.91 Å². The Hall–Kier alpha value is -1.89. The fourth-order valence-corrected chi connectivity index (χ4v) is 3.53. The van der Waals surface area contributed by atoms with E-state index in [2.05, 4.69) is 9.88 Å². The van der Waals surface area contributed by atoms with Crippen molar-refractivity contribution >= 4 is 34.9 Å². The highest BCUT2D eigenvalue weighted by Crippen LogP contribution is 2.22. The highest BCUT2D eigenvalue weighted by atomic mass is 35.5. The van der Waals surface area contributed by atoms with Gasteiger partial charge in [0.1, 0.15) is 12.4 Å². The second-order valence-electron chi connectivity index (χ2n) is 6.07. The minimum atomic E-state index is 0.0441. The Balaban J connectivity index is 1.39. The average molecular weight is 392 g/mol. The summed E-state index contributed by atoms with van der Waals surface area (Å²) < 4.78 is 5.73. The van der Waals surface area contributed by atoms with Gasteiger partial charge >= 0.3 is 0 Å². The van der Waals surface area contributed by atoms with Gasteiger partial charge in [0.15, 0.2) is 0 Å². The number of para-hydroxylation sites is 1. The van der Waals surface area contributed by atoms with Crippen molar-refractivity contribution in [3.8, 4) is 5.75 Å². The summed E-state index contributed by atoms with van der Waals surface area (Å²) in [5.41, 5.74) is 0.844. The fourth-order valence-electron chi connectivity index (χ4n) is 2.76. The van der Waals surface area contributed by atoms with Crippen LogP contribution in [0.25, 0.3) is 6.08 Å². The SMILES string of the molecule is Cc1nc(/C=C/C(=O)N2CCN(CCOc3ccccc3Cl)CC2)cs1. The number of aryl methyl sites for hydroxylation is 1. The summed E-state index contributed by atoms with van der Waals surface area (Å²) in [6.45, 7) is 6.51. The van der Waals surface area contributed by atoms with E-state index in [-0.39, 0.29) is 5.91 Å². The second kappa shape index (κ2) is 9.16. The minimum Gasteiger partial charge on any atom is -0.491 e. The standard InChI is InChI=1S/C19H22ClN3O2S/c1-15-21-16(14-26-15)6-7-19(24)23-10-8-22(9-11-23)12-13-25-18-5-3-2-4-17(18)20/h2-7,14H,8-13H2,1H3/b7-6+. The maximum atomic E-state index is 12.3. The fraction of sp³-hybridized carbons (Fsp3) is 0.368. The summed E-state index contributed by atoms with van der Waals surface area (Å²) in [6, 6.07) is 7.48. The number of amides is 1. The van der Waals surface area contributed by atoms with Gasteiger partial charge in [0, 0.05) is 44.2 Å². The van der Waals surface area contributed by atoms with E-state index in [9.17, 15) is 4.79 Å². The van der Waals surface area contributed by atoms with Gasteiger partial charge in [-0.1, -0.05) is 23.7 Å². The van der Waals surface area contributed by atoms with Gasteiger partial charge in [0.25, 0.3) is 0 Å². The van der Waals surface area contributed by atoms with Crippen LogP contribution in [0.4, 0.5) is 0 Å². The molecule has 0 N–H and O–H groups in total. The smallest absolute Gasteiger partial charge is 0.246 e. The van der Waals surface area contributed by atoms with Crippen LogP contribution < -0.4 is 4.74 Å². The van der Waals surface area contributed by atoms with Crippen molar-refractivity contribution in [3.63, 3.8) is 0 Å². The van der Waals surface area contributed by atoms with E-state index in [0.29, 0.717) is 17.4 Å². The van der Waals surface area contributed by atoms with Crippen LogP contribution in [-0.4, -0.2) is 60.0 Å². The van der Waals surface area contributed by atoms with Crippen molar-refractivity contribution in [2.24, 2.45) is 0 Å². The summed E-state index contributed by atoms with van der Waals surface area (Å²) in [5.74, 6) is 0.757. The summed E-state index contributed by atoms with van der Waals surface area (Å²) in [7, 11) is 0. The molecule has 26 heavy (non-hydrogen) atoms. The number of hydrogen-bond donors (Lipinski definition) is 0. The molecule has 1 fully saturated rings. The Bertz CT molecular complexity index is 770. The van der Waals surface area contributed by atoms with E-state index in [1.807, 2.05) is 41.5 Å². The lowest BCUT2D eigenvalue weighted by Gasteiger charge is -2.34. The molecule has 1 aromatic heterocycles. The lowest BCUT2D eigenvalue weighted by Crippen LogP contribution is -2.49. The summed E-state index contributed by atoms with van der Waals surface area (Å²) in [5, 5.41) is 3.59. The molecular weight excluding hydrogens is 370 g/mol. The molecule has 0 unspecified atom stereocenters. The Labute approximate surface area is 162 Å². The normalized spacial score (nSPS) is 15.5. The Morgan fingerprint density at radius 2 is 2.08 bits per heavy atom. The number of rotatable bonds is 6. The first-order chi connectivity index (χ1) is 12.6. The maximum absolute atomic E-state index is 12.3. The van der Waals surface area contributed by atoms with Crippen LogP contribution in [0.2, 0.25) is 5.02 Å². The van der Waals surface area contributed by atoms with Crippen LogP contribution in [0.3, 0.4) is 0 Å². The first-order valence-corrected chi connectivity index (χ1v) is 9.86. The van der Waals surface area contributed by atoms with Crippen LogP contribution in [-0.2, 0) is 4.79 Å². The first kappa shape index (κ1) is 18.9. The van der Waals surface area contributed by atoms with Gasteiger partial charge in [-0.25, -0.2) is 4.98 Å². The molecule has 2 aromatic rings. The molecule has 0 atom stereocenters. The Morgan fingerprint density at radius 1 is 1.31 bits per heavy atom. The summed E-state index contributed by atoms with van der Waals surface area (Å²) >= 11 is 7.67. The van der Waals surface area contributed by atoms with Crippen molar-refractivity contribution in [1.29, 1.82) is 0 Å². The number of ether oxygens (including phenoxy) is 1. The van der Waals surface area contributed by atoms with Gasteiger partial charge in [-0.05, 0) is 25.1 Å². The molecular formula is C19H22ClN3O2S. The summed E-state index contributed by atoms with van der Waals surface area (Å²) in [4.78, 5) is 20.8. The molecule has 7 heteroatoms. The van der Waals surface area contributed by atoms with Crippen LogP contribution in [0, 0.1) is 6.92 Å². The zero-order valence-electron chi connectivity index (χ0n) is 14.7. The van der Waals surface area contributed by atoms with E-state index in [4.69, 9.17) is 16.3 Å². The number of halogens is 1. The van der Waals surface area contributed by atoms with Crippen molar-refractivity contribution in [3.05, 3.63) is 51.4 Å². The maximum Gasteiger partial charge on any atom is 0.246 e. The van der Waals surface area contributed by atoms with Crippen molar-refractivity contribution in [2.45, 2.75) is 6.92 Å². The zero-order valence-corrected chi connectivity index (χ0v) is 16.3. The van der Waals surface area contributed by atoms with Gasteiger partial charge in [-0.3, -0.25) is 9.69 Å². The third kappa shape index (κ3) is 5.30. The van der Waals surface area contributed by atoms with Crippen molar-refractivity contribution < 1.29 is 9.53 Å². The first-order valence-electron chi connectivity index (χ1n) is 8.60. The number of aromatic nitrogens is 1. The number of nitrogens with zero attached hydrogens (tertiary/aromatic N) is 3. The van der Waals surface area contributed by atoms with E-state index >= 15 is 0 Å². The summed E-state index contributed by atoms with van der Waals surface area (Å²) in [6.07, 6.45) is 3.40. The quantitative estimate of drug-likeness (QED) is 0.708. The number of benzene rings is 1. The minimum absolute atomic E-state index is 0.0441. The van der Waals surface area contributed by atoms with Gasteiger partial charge < -0.3 is 9.64 Å². The van der Waals surface area contributed by atoms with Gasteiger partial charge in [-0.15, -0.1) is 11.3 Å². The molecule has 5 nitrogen and oxygen atoms in total. The zero-order chi connectivity index (χ0) is 18.4. The van der Waals surface area contributed by atoms with E-state index in [0.717, 1.165) is 43.4 Å². The molecule has 1 aromatic carbocycles. The lowest BCUT2D eigenvalue weighted by molar-refractivity contribution is -0.127. The van der Waals surface area contributed by atoms with Crippen LogP contribution in [0.1, 0.15) is 10.7 Å².